The maximum Gasteiger partial charge on any atom is 0.306 e. The molecular formula is C41H74O10. The average molecular weight is 727 g/mol. The van der Waals surface area contributed by atoms with E-state index in [0.717, 1.165) is 57.8 Å². The molecule has 1 heterocycles. The van der Waals surface area contributed by atoms with Crippen LogP contribution < -0.4 is 0 Å². The van der Waals surface area contributed by atoms with Crippen LogP contribution in [0.5, 0.6) is 0 Å². The highest BCUT2D eigenvalue weighted by Gasteiger charge is 2.44. The molecule has 0 aromatic carbocycles. The maximum atomic E-state index is 12.7. The second-order valence-corrected chi connectivity index (χ2v) is 14.1. The topological polar surface area (TPSA) is 152 Å². The molecule has 1 saturated heterocycles. The Morgan fingerprint density at radius 3 is 1.65 bits per heavy atom. The number of carbonyl (C=O) groups excluding carboxylic acids is 2. The zero-order valence-electron chi connectivity index (χ0n) is 32.1. The first kappa shape index (κ1) is 47.2. The minimum Gasteiger partial charge on any atom is -0.462 e. The first-order valence-corrected chi connectivity index (χ1v) is 20.4. The molecule has 0 aromatic rings. The number of aliphatic hydroxyl groups excluding tert-OH is 4. The fraction of sp³-hybridized carbons (Fsp3) is 0.854. The van der Waals surface area contributed by atoms with E-state index in [1.54, 1.807) is 0 Å². The molecule has 10 heteroatoms. The molecule has 0 saturated carbocycles. The van der Waals surface area contributed by atoms with E-state index in [0.29, 0.717) is 6.42 Å². The van der Waals surface area contributed by atoms with Gasteiger partial charge in [-0.1, -0.05) is 134 Å². The smallest absolute Gasteiger partial charge is 0.306 e. The molecule has 0 radical (unpaired) electrons. The Hall–Kier alpha value is -1.82. The minimum absolute atomic E-state index is 0.218. The van der Waals surface area contributed by atoms with Crippen LogP contribution in [0.4, 0.5) is 0 Å². The molecule has 0 bridgehead atoms. The van der Waals surface area contributed by atoms with E-state index in [2.05, 4.69) is 38.2 Å². The second kappa shape index (κ2) is 32.8. The van der Waals surface area contributed by atoms with Crippen LogP contribution in [0.3, 0.4) is 0 Å². The third-order valence-electron chi connectivity index (χ3n) is 9.34. The van der Waals surface area contributed by atoms with Gasteiger partial charge in [0.15, 0.2) is 12.4 Å². The van der Waals surface area contributed by atoms with Crippen molar-refractivity contribution in [3.8, 4) is 0 Å². The van der Waals surface area contributed by atoms with E-state index in [1.165, 1.54) is 77.0 Å². The molecule has 51 heavy (non-hydrogen) atoms. The Kier molecular flexibility index (Phi) is 30.4. The van der Waals surface area contributed by atoms with Gasteiger partial charge in [0.2, 0.25) is 0 Å². The Balaban J connectivity index is 2.34. The van der Waals surface area contributed by atoms with Gasteiger partial charge in [-0.15, -0.1) is 0 Å². The quantitative estimate of drug-likeness (QED) is 0.0300. The molecular weight excluding hydrogens is 652 g/mol. The number of rotatable bonds is 33. The Labute approximate surface area is 309 Å². The zero-order chi connectivity index (χ0) is 37.4. The van der Waals surface area contributed by atoms with Crippen molar-refractivity contribution in [2.45, 2.75) is 205 Å². The summed E-state index contributed by atoms with van der Waals surface area (Å²) in [6.45, 7) is 3.35. The van der Waals surface area contributed by atoms with Gasteiger partial charge in [-0.2, -0.15) is 0 Å². The predicted octanol–water partition coefficient (Wildman–Crippen LogP) is 7.77. The van der Waals surface area contributed by atoms with Crippen LogP contribution in [-0.2, 0) is 28.5 Å². The summed E-state index contributed by atoms with van der Waals surface area (Å²) in [6, 6.07) is 0. The lowest BCUT2D eigenvalue weighted by Crippen LogP contribution is -2.59. The lowest BCUT2D eigenvalue weighted by Gasteiger charge is -2.39. The number of aliphatic hydroxyl groups is 4. The Morgan fingerprint density at radius 2 is 1.10 bits per heavy atom. The van der Waals surface area contributed by atoms with E-state index in [-0.39, 0.29) is 32.0 Å². The summed E-state index contributed by atoms with van der Waals surface area (Å²) in [7, 11) is 0. The Bertz CT molecular complexity index is 892. The lowest BCUT2D eigenvalue weighted by atomic mass is 9.99. The van der Waals surface area contributed by atoms with Crippen LogP contribution >= 0.6 is 0 Å². The number of ether oxygens (including phenoxy) is 4. The van der Waals surface area contributed by atoms with Crippen LogP contribution in [0.2, 0.25) is 0 Å². The molecule has 10 nitrogen and oxygen atoms in total. The number of esters is 2. The summed E-state index contributed by atoms with van der Waals surface area (Å²) in [5, 5.41) is 39.9. The van der Waals surface area contributed by atoms with Gasteiger partial charge in [-0.05, 0) is 44.9 Å². The van der Waals surface area contributed by atoms with Gasteiger partial charge in [0.05, 0.1) is 13.2 Å². The van der Waals surface area contributed by atoms with Gasteiger partial charge in [0.1, 0.15) is 31.0 Å². The van der Waals surface area contributed by atoms with Gasteiger partial charge < -0.3 is 39.4 Å². The number of allylic oxidation sites excluding steroid dienone is 4. The van der Waals surface area contributed by atoms with Crippen molar-refractivity contribution in [1.29, 1.82) is 0 Å². The van der Waals surface area contributed by atoms with Gasteiger partial charge >= 0.3 is 11.9 Å². The van der Waals surface area contributed by atoms with Crippen LogP contribution in [0, 0.1) is 0 Å². The van der Waals surface area contributed by atoms with Crippen molar-refractivity contribution >= 4 is 11.9 Å². The van der Waals surface area contributed by atoms with E-state index >= 15 is 0 Å². The van der Waals surface area contributed by atoms with Crippen molar-refractivity contribution in [2.24, 2.45) is 0 Å². The highest BCUT2D eigenvalue weighted by Crippen LogP contribution is 2.22. The van der Waals surface area contributed by atoms with Crippen molar-refractivity contribution < 1.29 is 49.0 Å². The number of unbranched alkanes of at least 4 members (excludes halogenated alkanes) is 18. The fourth-order valence-electron chi connectivity index (χ4n) is 6.04. The highest BCUT2D eigenvalue weighted by molar-refractivity contribution is 5.70. The zero-order valence-corrected chi connectivity index (χ0v) is 32.1. The highest BCUT2D eigenvalue weighted by atomic mass is 16.7. The van der Waals surface area contributed by atoms with Crippen LogP contribution in [0.15, 0.2) is 24.3 Å². The summed E-state index contributed by atoms with van der Waals surface area (Å²) in [4.78, 5) is 25.1. The van der Waals surface area contributed by atoms with Gasteiger partial charge in [-0.25, -0.2) is 0 Å². The summed E-state index contributed by atoms with van der Waals surface area (Å²) < 4.78 is 22.0. The summed E-state index contributed by atoms with van der Waals surface area (Å²) in [5.74, 6) is -0.818. The fourth-order valence-corrected chi connectivity index (χ4v) is 6.04. The molecule has 1 aliphatic rings. The third-order valence-corrected chi connectivity index (χ3v) is 9.34. The normalized spacial score (nSPS) is 21.4. The van der Waals surface area contributed by atoms with Crippen LogP contribution in [-0.4, -0.2) is 89.0 Å². The number of carbonyl (C=O) groups is 2. The molecule has 0 aromatic heterocycles. The SMILES string of the molecule is CCCCCC/C=C\C/C=C\CCCCCCCCCC(=O)OC(COC(=O)CCCCCCCCCC)COC1OC(CO)C(O)C(O)C1O. The minimum atomic E-state index is -1.59. The molecule has 0 aliphatic carbocycles. The van der Waals surface area contributed by atoms with Gasteiger partial charge in [0, 0.05) is 12.8 Å². The molecule has 1 rings (SSSR count). The Morgan fingerprint density at radius 1 is 0.608 bits per heavy atom. The first-order valence-electron chi connectivity index (χ1n) is 20.4. The second-order valence-electron chi connectivity index (χ2n) is 14.1. The molecule has 298 valence electrons. The van der Waals surface area contributed by atoms with Crippen molar-refractivity contribution in [3.05, 3.63) is 24.3 Å². The van der Waals surface area contributed by atoms with Crippen LogP contribution in [0.25, 0.3) is 0 Å². The monoisotopic (exact) mass is 727 g/mol. The molecule has 6 atom stereocenters. The molecule has 1 aliphatic heterocycles. The van der Waals surface area contributed by atoms with E-state index < -0.39 is 49.4 Å². The summed E-state index contributed by atoms with van der Waals surface area (Å²) >= 11 is 0. The van der Waals surface area contributed by atoms with Crippen molar-refractivity contribution in [3.63, 3.8) is 0 Å². The predicted molar refractivity (Wildman–Crippen MR) is 201 cm³/mol. The molecule has 0 amide bonds. The van der Waals surface area contributed by atoms with Crippen LogP contribution in [0.1, 0.15) is 168 Å². The largest absolute Gasteiger partial charge is 0.462 e. The first-order chi connectivity index (χ1) is 24.8. The van der Waals surface area contributed by atoms with Gasteiger partial charge in [-0.3, -0.25) is 9.59 Å². The standard InChI is InChI=1S/C41H74O10/c1-3-5-7-9-11-13-14-15-16-17-18-19-20-21-22-24-26-28-30-37(44)50-34(32-48-36(43)29-27-25-23-12-10-8-6-4-2)33-49-41-40(47)39(46)38(45)35(31-42)51-41/h13-14,16-17,34-35,38-42,45-47H,3-12,15,18-33H2,1-2H3/b14-13-,17-16-. The summed E-state index contributed by atoms with van der Waals surface area (Å²) in [6.07, 6.45) is 26.3. The third kappa shape index (κ3) is 24.9. The molecule has 0 spiro atoms. The van der Waals surface area contributed by atoms with Gasteiger partial charge in [0.25, 0.3) is 0 Å². The van der Waals surface area contributed by atoms with E-state index in [9.17, 15) is 30.0 Å². The lowest BCUT2D eigenvalue weighted by molar-refractivity contribution is -0.305. The molecule has 1 fully saturated rings. The number of hydrogen-bond acceptors (Lipinski definition) is 10. The molecule has 6 unspecified atom stereocenters. The van der Waals surface area contributed by atoms with E-state index in [4.69, 9.17) is 18.9 Å². The maximum absolute atomic E-state index is 12.7. The molecule has 4 N–H and O–H groups in total. The van der Waals surface area contributed by atoms with Crippen molar-refractivity contribution in [2.75, 3.05) is 19.8 Å². The number of hydrogen-bond donors (Lipinski definition) is 4. The summed E-state index contributed by atoms with van der Waals surface area (Å²) in [5.41, 5.74) is 0. The van der Waals surface area contributed by atoms with E-state index in [1.807, 2.05) is 0 Å². The average Bonchev–Trinajstić information content (AvgIpc) is 3.13. The van der Waals surface area contributed by atoms with Crippen molar-refractivity contribution in [1.82, 2.24) is 0 Å².